The summed E-state index contributed by atoms with van der Waals surface area (Å²) < 4.78 is 15.4. The largest absolute Gasteiger partial charge is 0.305 e. The number of benzene rings is 1. The maximum absolute atomic E-state index is 13.5. The van der Waals surface area contributed by atoms with Gasteiger partial charge < -0.3 is 5.32 Å². The van der Waals surface area contributed by atoms with E-state index >= 15 is 0 Å². The topological polar surface area (TPSA) is 29.9 Å². The molecule has 0 saturated heterocycles. The second-order valence-corrected chi connectivity index (χ2v) is 5.50. The van der Waals surface area contributed by atoms with E-state index < -0.39 is 0 Å². The predicted octanol–water partition coefficient (Wildman–Crippen LogP) is 4.09. The van der Waals surface area contributed by atoms with Crippen molar-refractivity contribution in [1.29, 1.82) is 0 Å². The molecule has 2 rings (SSSR count). The first-order valence-electron chi connectivity index (χ1n) is 7.29. The Morgan fingerprint density at radius 1 is 1.38 bits per heavy atom. The number of hydrogen-bond acceptors (Lipinski definition) is 2. The third kappa shape index (κ3) is 3.44. The van der Waals surface area contributed by atoms with E-state index in [2.05, 4.69) is 17.3 Å². The summed E-state index contributed by atoms with van der Waals surface area (Å²) in [6, 6.07) is 5.09. The van der Waals surface area contributed by atoms with Gasteiger partial charge in [-0.15, -0.1) is 0 Å². The van der Waals surface area contributed by atoms with E-state index in [0.717, 1.165) is 30.8 Å². The first-order valence-corrected chi connectivity index (χ1v) is 7.66. The molecule has 1 atom stereocenters. The van der Waals surface area contributed by atoms with Crippen molar-refractivity contribution in [2.75, 3.05) is 6.54 Å². The van der Waals surface area contributed by atoms with Gasteiger partial charge in [0.15, 0.2) is 0 Å². The summed E-state index contributed by atoms with van der Waals surface area (Å²) in [5.41, 5.74) is 2.56. The molecular weight excluding hydrogens is 289 g/mol. The van der Waals surface area contributed by atoms with Gasteiger partial charge in [-0.25, -0.2) is 4.39 Å². The highest BCUT2D eigenvalue weighted by Gasteiger charge is 2.21. The van der Waals surface area contributed by atoms with Crippen LogP contribution in [0.5, 0.6) is 0 Å². The Morgan fingerprint density at radius 3 is 2.76 bits per heavy atom. The summed E-state index contributed by atoms with van der Waals surface area (Å²) in [5, 5.41) is 8.41. The number of nitrogens with zero attached hydrogens (tertiary/aromatic N) is 2. The average Bonchev–Trinajstić information content (AvgIpc) is 2.84. The molecule has 1 heterocycles. The number of rotatable bonds is 6. The van der Waals surface area contributed by atoms with Crippen LogP contribution in [-0.4, -0.2) is 16.3 Å². The van der Waals surface area contributed by atoms with Crippen molar-refractivity contribution < 1.29 is 4.39 Å². The van der Waals surface area contributed by atoms with Gasteiger partial charge in [-0.1, -0.05) is 30.7 Å². The van der Waals surface area contributed by atoms with Crippen LogP contribution in [0.3, 0.4) is 0 Å². The van der Waals surface area contributed by atoms with Crippen LogP contribution in [0, 0.1) is 12.7 Å². The van der Waals surface area contributed by atoms with Crippen LogP contribution in [0.1, 0.15) is 43.1 Å². The highest BCUT2D eigenvalue weighted by atomic mass is 35.5. The minimum atomic E-state index is -0.192. The normalized spacial score (nSPS) is 12.6. The fourth-order valence-electron chi connectivity index (χ4n) is 2.42. The molecule has 2 aromatic rings. The quantitative estimate of drug-likeness (QED) is 0.871. The molecule has 0 aliphatic carbocycles. The van der Waals surface area contributed by atoms with Gasteiger partial charge in [0.1, 0.15) is 5.82 Å². The molecule has 1 aromatic heterocycles. The van der Waals surface area contributed by atoms with Gasteiger partial charge >= 0.3 is 0 Å². The molecule has 1 unspecified atom stereocenters. The van der Waals surface area contributed by atoms with Crippen molar-refractivity contribution in [3.63, 3.8) is 0 Å². The van der Waals surface area contributed by atoms with E-state index in [4.69, 9.17) is 11.6 Å². The number of halogens is 2. The smallest absolute Gasteiger partial charge is 0.126 e. The van der Waals surface area contributed by atoms with Gasteiger partial charge in [-0.05, 0) is 44.0 Å². The molecule has 1 N–H and O–H groups in total. The zero-order chi connectivity index (χ0) is 15.4. The van der Waals surface area contributed by atoms with Crippen molar-refractivity contribution in [1.82, 2.24) is 15.1 Å². The Kier molecular flexibility index (Phi) is 5.37. The third-order valence-corrected chi connectivity index (χ3v) is 3.81. The summed E-state index contributed by atoms with van der Waals surface area (Å²) in [4.78, 5) is 0. The van der Waals surface area contributed by atoms with E-state index in [9.17, 15) is 4.39 Å². The van der Waals surface area contributed by atoms with Gasteiger partial charge in [0.05, 0.1) is 23.0 Å². The Morgan fingerprint density at radius 2 is 2.14 bits per heavy atom. The fraction of sp³-hybridized carbons (Fsp3) is 0.438. The molecule has 0 radical (unpaired) electrons. The molecule has 0 amide bonds. The van der Waals surface area contributed by atoms with Crippen LogP contribution >= 0.6 is 11.6 Å². The Bertz CT molecular complexity index is 610. The van der Waals surface area contributed by atoms with Crippen molar-refractivity contribution in [3.8, 4) is 0 Å². The molecule has 3 nitrogen and oxygen atoms in total. The minimum absolute atomic E-state index is 0.0841. The molecule has 114 valence electrons. The van der Waals surface area contributed by atoms with Gasteiger partial charge in [-0.3, -0.25) is 4.68 Å². The zero-order valence-electron chi connectivity index (χ0n) is 12.7. The lowest BCUT2D eigenvalue weighted by molar-refractivity contribution is 0.528. The lowest BCUT2D eigenvalue weighted by Gasteiger charge is -2.21. The van der Waals surface area contributed by atoms with Crippen LogP contribution in [0.15, 0.2) is 24.4 Å². The van der Waals surface area contributed by atoms with Crippen molar-refractivity contribution in [2.45, 2.75) is 39.8 Å². The SMILES string of the molecule is CCCNC(c1ccc(F)c(C)c1)c1c(Cl)cnn1CC. The molecular formula is C16H21ClFN3. The minimum Gasteiger partial charge on any atom is -0.305 e. The summed E-state index contributed by atoms with van der Waals surface area (Å²) in [6.45, 7) is 7.51. The van der Waals surface area contributed by atoms with E-state index in [1.54, 1.807) is 19.2 Å². The van der Waals surface area contributed by atoms with E-state index in [1.807, 2.05) is 17.7 Å². The summed E-state index contributed by atoms with van der Waals surface area (Å²) in [7, 11) is 0. The third-order valence-electron chi connectivity index (χ3n) is 3.52. The Balaban J connectivity index is 2.46. The molecule has 0 spiro atoms. The molecule has 0 saturated carbocycles. The van der Waals surface area contributed by atoms with Gasteiger partial charge in [0.2, 0.25) is 0 Å². The van der Waals surface area contributed by atoms with Crippen molar-refractivity contribution in [2.24, 2.45) is 0 Å². The van der Waals surface area contributed by atoms with Crippen LogP contribution in [0.4, 0.5) is 4.39 Å². The number of aryl methyl sites for hydroxylation is 2. The first kappa shape index (κ1) is 16.0. The standard InChI is InChI=1S/C16H21ClFN3/c1-4-8-19-15(12-6-7-14(18)11(3)9-12)16-13(17)10-20-21(16)5-2/h6-7,9-10,15,19H,4-5,8H2,1-3H3. The van der Waals surface area contributed by atoms with Crippen molar-refractivity contribution >= 4 is 11.6 Å². The molecule has 0 bridgehead atoms. The monoisotopic (exact) mass is 309 g/mol. The van der Waals surface area contributed by atoms with E-state index in [-0.39, 0.29) is 11.9 Å². The average molecular weight is 310 g/mol. The van der Waals surface area contributed by atoms with E-state index in [1.165, 1.54) is 6.07 Å². The van der Waals surface area contributed by atoms with Crippen LogP contribution in [0.25, 0.3) is 0 Å². The maximum Gasteiger partial charge on any atom is 0.126 e. The van der Waals surface area contributed by atoms with Gasteiger partial charge in [-0.2, -0.15) is 5.10 Å². The van der Waals surface area contributed by atoms with Gasteiger partial charge in [0.25, 0.3) is 0 Å². The van der Waals surface area contributed by atoms with E-state index in [0.29, 0.717) is 10.6 Å². The Hall–Kier alpha value is -1.39. The molecule has 0 aliphatic rings. The highest BCUT2D eigenvalue weighted by Crippen LogP contribution is 2.29. The maximum atomic E-state index is 13.5. The van der Waals surface area contributed by atoms with Crippen molar-refractivity contribution in [3.05, 3.63) is 52.1 Å². The molecule has 5 heteroatoms. The summed E-state index contributed by atoms with van der Waals surface area (Å²) in [5.74, 6) is -0.192. The predicted molar refractivity (Wildman–Crippen MR) is 84.2 cm³/mol. The van der Waals surface area contributed by atoms with Crippen LogP contribution < -0.4 is 5.32 Å². The second kappa shape index (κ2) is 7.05. The van der Waals surface area contributed by atoms with Crippen LogP contribution in [-0.2, 0) is 6.54 Å². The number of aromatic nitrogens is 2. The first-order chi connectivity index (χ1) is 10.1. The highest BCUT2D eigenvalue weighted by molar-refractivity contribution is 6.31. The van der Waals surface area contributed by atoms with Crippen LogP contribution in [0.2, 0.25) is 5.02 Å². The molecule has 21 heavy (non-hydrogen) atoms. The number of hydrogen-bond donors (Lipinski definition) is 1. The summed E-state index contributed by atoms with van der Waals surface area (Å²) in [6.07, 6.45) is 2.67. The Labute approximate surface area is 130 Å². The number of nitrogens with one attached hydrogen (secondary N) is 1. The summed E-state index contributed by atoms with van der Waals surface area (Å²) >= 11 is 6.32. The molecule has 0 fully saturated rings. The fourth-order valence-corrected chi connectivity index (χ4v) is 2.67. The lowest BCUT2D eigenvalue weighted by atomic mass is 10.0. The zero-order valence-corrected chi connectivity index (χ0v) is 13.4. The van der Waals surface area contributed by atoms with Gasteiger partial charge in [0, 0.05) is 6.54 Å². The molecule has 0 aliphatic heterocycles. The molecule has 1 aromatic carbocycles. The lowest BCUT2D eigenvalue weighted by Crippen LogP contribution is -2.26. The second-order valence-electron chi connectivity index (χ2n) is 5.09.